The fourth-order valence-corrected chi connectivity index (χ4v) is 4.84. The van der Waals surface area contributed by atoms with Gasteiger partial charge in [0.1, 0.15) is 11.0 Å². The first-order valence-corrected chi connectivity index (χ1v) is 9.90. The average Bonchev–Trinajstić information content (AvgIpc) is 3.19. The molecule has 1 fully saturated rings. The lowest BCUT2D eigenvalue weighted by atomic mass is 9.95. The summed E-state index contributed by atoms with van der Waals surface area (Å²) in [5.41, 5.74) is 1.78. The Morgan fingerprint density at radius 1 is 1.20 bits per heavy atom. The highest BCUT2D eigenvalue weighted by molar-refractivity contribution is 7.17. The zero-order valence-corrected chi connectivity index (χ0v) is 15.6. The molecule has 136 valence electrons. The van der Waals surface area contributed by atoms with Crippen molar-refractivity contribution in [2.24, 2.45) is 0 Å². The van der Waals surface area contributed by atoms with E-state index in [4.69, 9.17) is 0 Å². The Balaban J connectivity index is 1.90. The van der Waals surface area contributed by atoms with Gasteiger partial charge in [0.2, 0.25) is 11.8 Å². The molecule has 0 radical (unpaired) electrons. The predicted molar refractivity (Wildman–Crippen MR) is 98.0 cm³/mol. The van der Waals surface area contributed by atoms with Crippen LogP contribution < -0.4 is 10.6 Å². The maximum absolute atomic E-state index is 13.0. The number of anilines is 1. The standard InChI is InChI=1S/C18H25N3O3S/c1-3-21(4-2)18(24)15-11-7-5-6-8-13(11)25-17(15)20-16(23)12-9-10-14(22)19-12/h12H,3-10H2,1-2H3,(H,19,22)(H,20,23). The third kappa shape index (κ3) is 3.56. The van der Waals surface area contributed by atoms with Crippen LogP contribution in [0.25, 0.3) is 0 Å². The van der Waals surface area contributed by atoms with Crippen molar-refractivity contribution in [1.29, 1.82) is 0 Å². The minimum Gasteiger partial charge on any atom is -0.344 e. The van der Waals surface area contributed by atoms with E-state index in [1.54, 1.807) is 4.90 Å². The number of carbonyl (C=O) groups excluding carboxylic acids is 3. The number of fused-ring (bicyclic) bond motifs is 1. The summed E-state index contributed by atoms with van der Waals surface area (Å²) in [6, 6.07) is -0.497. The average molecular weight is 363 g/mol. The second-order valence-corrected chi connectivity index (χ2v) is 7.65. The Hall–Kier alpha value is -1.89. The molecule has 2 N–H and O–H groups in total. The maximum Gasteiger partial charge on any atom is 0.257 e. The molecule has 2 heterocycles. The summed E-state index contributed by atoms with van der Waals surface area (Å²) >= 11 is 1.52. The Morgan fingerprint density at radius 3 is 2.56 bits per heavy atom. The summed E-state index contributed by atoms with van der Waals surface area (Å²) in [6.07, 6.45) is 4.95. The van der Waals surface area contributed by atoms with E-state index in [0.717, 1.165) is 31.2 Å². The maximum atomic E-state index is 13.0. The van der Waals surface area contributed by atoms with Gasteiger partial charge in [-0.05, 0) is 51.5 Å². The first-order chi connectivity index (χ1) is 12.0. The number of hydrogen-bond acceptors (Lipinski definition) is 4. The van der Waals surface area contributed by atoms with E-state index in [1.807, 2.05) is 13.8 Å². The molecule has 0 saturated carbocycles. The van der Waals surface area contributed by atoms with Crippen molar-refractivity contribution in [2.45, 2.75) is 58.4 Å². The number of thiophene rings is 1. The van der Waals surface area contributed by atoms with Crippen LogP contribution in [0.2, 0.25) is 0 Å². The molecular weight excluding hydrogens is 338 g/mol. The summed E-state index contributed by atoms with van der Waals surface area (Å²) < 4.78 is 0. The highest BCUT2D eigenvalue weighted by Crippen LogP contribution is 2.39. The fourth-order valence-electron chi connectivity index (χ4n) is 3.56. The van der Waals surface area contributed by atoms with Crippen LogP contribution in [0.15, 0.2) is 0 Å². The highest BCUT2D eigenvalue weighted by atomic mass is 32.1. The summed E-state index contributed by atoms with van der Waals surface area (Å²) in [7, 11) is 0. The van der Waals surface area contributed by atoms with Crippen LogP contribution in [-0.4, -0.2) is 41.8 Å². The monoisotopic (exact) mass is 363 g/mol. The van der Waals surface area contributed by atoms with Gasteiger partial charge in [0, 0.05) is 24.4 Å². The van der Waals surface area contributed by atoms with Crippen LogP contribution in [0.4, 0.5) is 5.00 Å². The first-order valence-electron chi connectivity index (χ1n) is 9.09. The molecule has 7 heteroatoms. The van der Waals surface area contributed by atoms with Crippen LogP contribution >= 0.6 is 11.3 Å². The predicted octanol–water partition coefficient (Wildman–Crippen LogP) is 2.33. The smallest absolute Gasteiger partial charge is 0.257 e. The van der Waals surface area contributed by atoms with Crippen molar-refractivity contribution in [2.75, 3.05) is 18.4 Å². The normalized spacial score (nSPS) is 19.3. The van der Waals surface area contributed by atoms with Gasteiger partial charge in [-0.25, -0.2) is 0 Å². The SMILES string of the molecule is CCN(CC)C(=O)c1c(NC(=O)C2CCC(=O)N2)sc2c1CCCC2. The van der Waals surface area contributed by atoms with Gasteiger partial charge >= 0.3 is 0 Å². The van der Waals surface area contributed by atoms with Gasteiger partial charge < -0.3 is 15.5 Å². The van der Waals surface area contributed by atoms with Gasteiger partial charge in [0.05, 0.1) is 5.56 Å². The number of rotatable bonds is 5. The van der Waals surface area contributed by atoms with Crippen molar-refractivity contribution >= 4 is 34.1 Å². The lowest BCUT2D eigenvalue weighted by Crippen LogP contribution is -2.38. The van der Waals surface area contributed by atoms with Crippen LogP contribution in [0.1, 0.15) is 60.3 Å². The molecule has 1 aromatic heterocycles. The summed E-state index contributed by atoms with van der Waals surface area (Å²) in [4.78, 5) is 39.9. The molecule has 1 aliphatic carbocycles. The minimum atomic E-state index is -0.497. The number of carbonyl (C=O) groups is 3. The quantitative estimate of drug-likeness (QED) is 0.843. The van der Waals surface area contributed by atoms with Crippen molar-refractivity contribution in [3.05, 3.63) is 16.0 Å². The minimum absolute atomic E-state index is 0.00448. The van der Waals surface area contributed by atoms with E-state index < -0.39 is 6.04 Å². The van der Waals surface area contributed by atoms with Crippen molar-refractivity contribution in [3.63, 3.8) is 0 Å². The molecule has 1 saturated heterocycles. The zero-order chi connectivity index (χ0) is 18.0. The Morgan fingerprint density at radius 2 is 1.92 bits per heavy atom. The lowest BCUT2D eigenvalue weighted by molar-refractivity contribution is -0.122. The van der Waals surface area contributed by atoms with Gasteiger partial charge in [-0.2, -0.15) is 0 Å². The molecule has 1 unspecified atom stereocenters. The molecule has 0 spiro atoms. The van der Waals surface area contributed by atoms with Gasteiger partial charge in [0.25, 0.3) is 5.91 Å². The van der Waals surface area contributed by atoms with Gasteiger partial charge in [-0.3, -0.25) is 14.4 Å². The molecule has 0 aromatic carbocycles. The van der Waals surface area contributed by atoms with E-state index in [-0.39, 0.29) is 17.7 Å². The third-order valence-corrected chi connectivity index (χ3v) is 6.19. The molecule has 2 aliphatic rings. The van der Waals surface area contributed by atoms with Gasteiger partial charge in [-0.1, -0.05) is 0 Å². The Labute approximate surface area is 152 Å². The van der Waals surface area contributed by atoms with Crippen LogP contribution in [-0.2, 0) is 22.4 Å². The summed E-state index contributed by atoms with van der Waals surface area (Å²) in [5.74, 6) is -0.321. The second kappa shape index (κ2) is 7.56. The third-order valence-electron chi connectivity index (χ3n) is 4.98. The van der Waals surface area contributed by atoms with Crippen LogP contribution in [0.3, 0.4) is 0 Å². The number of hydrogen-bond donors (Lipinski definition) is 2. The summed E-state index contributed by atoms with van der Waals surface area (Å²) in [6.45, 7) is 5.22. The van der Waals surface area contributed by atoms with Gasteiger partial charge in [-0.15, -0.1) is 11.3 Å². The lowest BCUT2D eigenvalue weighted by Gasteiger charge is -2.21. The molecule has 0 bridgehead atoms. The zero-order valence-electron chi connectivity index (χ0n) is 14.8. The van der Waals surface area contributed by atoms with Crippen molar-refractivity contribution in [3.8, 4) is 0 Å². The molecule has 3 amide bonds. The van der Waals surface area contributed by atoms with E-state index in [1.165, 1.54) is 16.2 Å². The fraction of sp³-hybridized carbons (Fsp3) is 0.611. The molecule has 25 heavy (non-hydrogen) atoms. The molecule has 6 nitrogen and oxygen atoms in total. The second-order valence-electron chi connectivity index (χ2n) is 6.54. The van der Waals surface area contributed by atoms with Crippen LogP contribution in [0, 0.1) is 0 Å². The molecule has 3 rings (SSSR count). The first kappa shape index (κ1) is 17.9. The van der Waals surface area contributed by atoms with Crippen molar-refractivity contribution < 1.29 is 14.4 Å². The molecular formula is C18H25N3O3S. The Kier molecular flexibility index (Phi) is 5.42. The van der Waals surface area contributed by atoms with Crippen LogP contribution in [0.5, 0.6) is 0 Å². The number of amides is 3. The number of aryl methyl sites for hydroxylation is 1. The summed E-state index contributed by atoms with van der Waals surface area (Å²) in [5, 5.41) is 6.27. The van der Waals surface area contributed by atoms with E-state index in [0.29, 0.717) is 36.5 Å². The molecule has 1 aromatic rings. The number of nitrogens with one attached hydrogen (secondary N) is 2. The Bertz CT molecular complexity index is 694. The van der Waals surface area contributed by atoms with E-state index in [2.05, 4.69) is 10.6 Å². The number of nitrogens with zero attached hydrogens (tertiary/aromatic N) is 1. The van der Waals surface area contributed by atoms with Crippen molar-refractivity contribution in [1.82, 2.24) is 10.2 Å². The topological polar surface area (TPSA) is 78.5 Å². The van der Waals surface area contributed by atoms with E-state index in [9.17, 15) is 14.4 Å². The molecule has 1 aliphatic heterocycles. The van der Waals surface area contributed by atoms with E-state index >= 15 is 0 Å². The highest BCUT2D eigenvalue weighted by Gasteiger charge is 2.31. The van der Waals surface area contributed by atoms with Gasteiger partial charge in [0.15, 0.2) is 0 Å². The largest absolute Gasteiger partial charge is 0.344 e. The molecule has 1 atom stereocenters.